The predicted octanol–water partition coefficient (Wildman–Crippen LogP) is 3.06. The lowest BCUT2D eigenvalue weighted by Gasteiger charge is -2.11. The quantitative estimate of drug-likeness (QED) is 0.863. The third-order valence-corrected chi connectivity index (χ3v) is 3.70. The summed E-state index contributed by atoms with van der Waals surface area (Å²) in [6.45, 7) is 4.95. The maximum Gasteiger partial charge on any atom is 0.0907 e. The molecule has 1 aromatic heterocycles. The van der Waals surface area contributed by atoms with Gasteiger partial charge in [-0.05, 0) is 43.5 Å². The molecule has 0 fully saturated rings. The summed E-state index contributed by atoms with van der Waals surface area (Å²) in [4.78, 5) is 4.45. The number of aryl methyl sites for hydroxylation is 1. The molecule has 2 nitrogen and oxygen atoms in total. The molecule has 0 aliphatic carbocycles. The summed E-state index contributed by atoms with van der Waals surface area (Å²) in [7, 11) is 0. The van der Waals surface area contributed by atoms with E-state index < -0.39 is 0 Å². The van der Waals surface area contributed by atoms with Crippen LogP contribution in [0, 0.1) is 6.92 Å². The Balaban J connectivity index is 2.45. The van der Waals surface area contributed by atoms with Gasteiger partial charge in [-0.3, -0.25) is 0 Å². The van der Waals surface area contributed by atoms with E-state index in [4.69, 9.17) is 5.73 Å². The summed E-state index contributed by atoms with van der Waals surface area (Å²) in [5.41, 5.74) is 8.20. The third-order valence-electron chi connectivity index (χ3n) is 2.77. The topological polar surface area (TPSA) is 38.9 Å². The fourth-order valence-electron chi connectivity index (χ4n) is 1.85. The molecule has 1 atom stereocenters. The van der Waals surface area contributed by atoms with Crippen LogP contribution in [0.1, 0.15) is 29.8 Å². The molecule has 2 aromatic rings. The van der Waals surface area contributed by atoms with Crippen molar-refractivity contribution in [3.05, 3.63) is 28.8 Å². The first-order valence-electron chi connectivity index (χ1n) is 5.31. The van der Waals surface area contributed by atoms with Gasteiger partial charge in [0.1, 0.15) is 0 Å². The number of nitrogens with two attached hydrogens (primary N) is 1. The first kappa shape index (κ1) is 10.6. The van der Waals surface area contributed by atoms with Gasteiger partial charge in [0.2, 0.25) is 0 Å². The zero-order valence-electron chi connectivity index (χ0n) is 9.16. The van der Waals surface area contributed by atoms with Crippen LogP contribution in [-0.2, 0) is 0 Å². The number of thiazole rings is 1. The highest BCUT2D eigenvalue weighted by Gasteiger charge is 2.09. The SMILES string of the molecule is CCC(CN)c1ccc2nc(C)sc2c1. The van der Waals surface area contributed by atoms with Crippen molar-refractivity contribution in [3.63, 3.8) is 0 Å². The normalized spacial score (nSPS) is 13.3. The van der Waals surface area contributed by atoms with E-state index in [1.54, 1.807) is 11.3 Å². The van der Waals surface area contributed by atoms with Gasteiger partial charge in [-0.25, -0.2) is 4.98 Å². The minimum atomic E-state index is 0.483. The number of hydrogen-bond donors (Lipinski definition) is 1. The summed E-state index contributed by atoms with van der Waals surface area (Å²) >= 11 is 1.75. The molecule has 0 aliphatic rings. The van der Waals surface area contributed by atoms with Gasteiger partial charge < -0.3 is 5.73 Å². The molecule has 80 valence electrons. The largest absolute Gasteiger partial charge is 0.330 e. The van der Waals surface area contributed by atoms with E-state index in [1.165, 1.54) is 10.3 Å². The lowest BCUT2D eigenvalue weighted by Crippen LogP contribution is -2.11. The van der Waals surface area contributed by atoms with Gasteiger partial charge in [-0.15, -0.1) is 11.3 Å². The minimum absolute atomic E-state index is 0.483. The second kappa shape index (κ2) is 4.29. The van der Waals surface area contributed by atoms with Crippen LogP contribution in [0.4, 0.5) is 0 Å². The number of hydrogen-bond acceptors (Lipinski definition) is 3. The highest BCUT2D eigenvalue weighted by atomic mass is 32.1. The maximum absolute atomic E-state index is 5.75. The van der Waals surface area contributed by atoms with Crippen LogP contribution in [0.3, 0.4) is 0 Å². The van der Waals surface area contributed by atoms with E-state index in [1.807, 2.05) is 6.92 Å². The van der Waals surface area contributed by atoms with Gasteiger partial charge in [-0.1, -0.05) is 13.0 Å². The van der Waals surface area contributed by atoms with Gasteiger partial charge in [0.25, 0.3) is 0 Å². The van der Waals surface area contributed by atoms with Crippen LogP contribution in [0.15, 0.2) is 18.2 Å². The van der Waals surface area contributed by atoms with Crippen LogP contribution >= 0.6 is 11.3 Å². The monoisotopic (exact) mass is 220 g/mol. The Labute approximate surface area is 94.1 Å². The van der Waals surface area contributed by atoms with Crippen molar-refractivity contribution < 1.29 is 0 Å². The van der Waals surface area contributed by atoms with Crippen LogP contribution in [0.2, 0.25) is 0 Å². The molecule has 2 rings (SSSR count). The lowest BCUT2D eigenvalue weighted by atomic mass is 9.97. The molecule has 0 bridgehead atoms. The van der Waals surface area contributed by atoms with Crippen molar-refractivity contribution in [2.75, 3.05) is 6.54 Å². The Morgan fingerprint density at radius 3 is 2.93 bits per heavy atom. The molecular weight excluding hydrogens is 204 g/mol. The van der Waals surface area contributed by atoms with Gasteiger partial charge >= 0.3 is 0 Å². The van der Waals surface area contributed by atoms with Crippen LogP contribution < -0.4 is 5.73 Å². The van der Waals surface area contributed by atoms with Crippen molar-refractivity contribution in [2.24, 2.45) is 5.73 Å². The highest BCUT2D eigenvalue weighted by Crippen LogP contribution is 2.26. The summed E-state index contributed by atoms with van der Waals surface area (Å²) in [5.74, 6) is 0.483. The average molecular weight is 220 g/mol. The van der Waals surface area contributed by atoms with E-state index in [-0.39, 0.29) is 0 Å². The second-order valence-corrected chi connectivity index (χ2v) is 5.04. The van der Waals surface area contributed by atoms with Gasteiger partial charge in [0.05, 0.1) is 15.2 Å². The number of rotatable bonds is 3. The minimum Gasteiger partial charge on any atom is -0.330 e. The molecule has 0 saturated carbocycles. The molecule has 1 heterocycles. The molecule has 0 aliphatic heterocycles. The zero-order chi connectivity index (χ0) is 10.8. The molecule has 2 N–H and O–H groups in total. The first-order valence-corrected chi connectivity index (χ1v) is 6.13. The van der Waals surface area contributed by atoms with Gasteiger partial charge in [-0.2, -0.15) is 0 Å². The Hall–Kier alpha value is -0.930. The Morgan fingerprint density at radius 2 is 2.27 bits per heavy atom. The summed E-state index contributed by atoms with van der Waals surface area (Å²) in [6, 6.07) is 6.50. The molecule has 0 radical (unpaired) electrons. The summed E-state index contributed by atoms with van der Waals surface area (Å²) < 4.78 is 1.27. The van der Waals surface area contributed by atoms with Crippen molar-refractivity contribution in [2.45, 2.75) is 26.2 Å². The Morgan fingerprint density at radius 1 is 1.47 bits per heavy atom. The van der Waals surface area contributed by atoms with Crippen LogP contribution in [-0.4, -0.2) is 11.5 Å². The van der Waals surface area contributed by atoms with Gasteiger partial charge in [0.15, 0.2) is 0 Å². The number of aromatic nitrogens is 1. The van der Waals surface area contributed by atoms with Crippen molar-refractivity contribution in [1.82, 2.24) is 4.98 Å². The smallest absolute Gasteiger partial charge is 0.0907 e. The van der Waals surface area contributed by atoms with E-state index in [0.717, 1.165) is 23.5 Å². The fraction of sp³-hybridized carbons (Fsp3) is 0.417. The van der Waals surface area contributed by atoms with Crippen molar-refractivity contribution in [3.8, 4) is 0 Å². The van der Waals surface area contributed by atoms with E-state index in [0.29, 0.717) is 5.92 Å². The molecule has 0 amide bonds. The molecule has 15 heavy (non-hydrogen) atoms. The lowest BCUT2D eigenvalue weighted by molar-refractivity contribution is 0.675. The van der Waals surface area contributed by atoms with Crippen molar-refractivity contribution in [1.29, 1.82) is 0 Å². The predicted molar refractivity (Wildman–Crippen MR) is 66.4 cm³/mol. The Kier molecular flexibility index (Phi) is 3.03. The standard InChI is InChI=1S/C12H16N2S/c1-3-9(7-13)10-4-5-11-12(6-10)15-8(2)14-11/h4-6,9H,3,7,13H2,1-2H3. The van der Waals surface area contributed by atoms with E-state index >= 15 is 0 Å². The summed E-state index contributed by atoms with van der Waals surface area (Å²) in [6.07, 6.45) is 1.10. The molecule has 1 unspecified atom stereocenters. The maximum atomic E-state index is 5.75. The molecule has 3 heteroatoms. The fourth-order valence-corrected chi connectivity index (χ4v) is 2.72. The average Bonchev–Trinajstić information content (AvgIpc) is 2.59. The molecule has 1 aromatic carbocycles. The van der Waals surface area contributed by atoms with Crippen LogP contribution in [0.5, 0.6) is 0 Å². The van der Waals surface area contributed by atoms with Crippen molar-refractivity contribution >= 4 is 21.6 Å². The summed E-state index contributed by atoms with van der Waals surface area (Å²) in [5, 5.41) is 1.13. The van der Waals surface area contributed by atoms with E-state index in [9.17, 15) is 0 Å². The van der Waals surface area contributed by atoms with Gasteiger partial charge in [0, 0.05) is 0 Å². The number of benzene rings is 1. The third kappa shape index (κ3) is 2.03. The van der Waals surface area contributed by atoms with E-state index in [2.05, 4.69) is 30.1 Å². The molecule has 0 spiro atoms. The van der Waals surface area contributed by atoms with Crippen LogP contribution in [0.25, 0.3) is 10.2 Å². The molecule has 0 saturated heterocycles. The zero-order valence-corrected chi connectivity index (χ0v) is 9.97. The highest BCUT2D eigenvalue weighted by molar-refractivity contribution is 7.18. The number of nitrogens with zero attached hydrogens (tertiary/aromatic N) is 1. The first-order chi connectivity index (χ1) is 7.24. The second-order valence-electron chi connectivity index (χ2n) is 3.80. The molecular formula is C12H16N2S. The Bertz CT molecular complexity index is 458. The number of fused-ring (bicyclic) bond motifs is 1.